The fraction of sp³-hybridized carbons (Fsp3) is 0.333. The van der Waals surface area contributed by atoms with Crippen molar-refractivity contribution in [3.8, 4) is 0 Å². The smallest absolute Gasteiger partial charge is 0.319 e. The number of benzene rings is 1. The zero-order valence-corrected chi connectivity index (χ0v) is 15.2. The van der Waals surface area contributed by atoms with Crippen LogP contribution in [0.4, 0.5) is 10.5 Å². The number of nitrogens with zero attached hydrogens (tertiary/aromatic N) is 3. The maximum Gasteiger partial charge on any atom is 0.322 e. The molecule has 0 spiro atoms. The maximum atomic E-state index is 12.8. The van der Waals surface area contributed by atoms with Crippen LogP contribution < -0.4 is 5.32 Å². The lowest BCUT2D eigenvalue weighted by Gasteiger charge is -2.25. The molecule has 0 atom stereocenters. The third-order valence-corrected chi connectivity index (χ3v) is 4.37. The number of thioether (sulfide) groups is 1. The summed E-state index contributed by atoms with van der Waals surface area (Å²) in [6.07, 6.45) is 5.51. The monoisotopic (exact) mass is 344 g/mol. The van der Waals surface area contributed by atoms with E-state index in [1.54, 1.807) is 24.2 Å². The minimum absolute atomic E-state index is 0.0878. The first-order chi connectivity index (χ1) is 11.6. The first-order valence-corrected chi connectivity index (χ1v) is 9.05. The normalized spacial score (nSPS) is 10.7. The molecule has 24 heavy (non-hydrogen) atoms. The van der Waals surface area contributed by atoms with Crippen LogP contribution in [0.1, 0.15) is 5.56 Å². The molecule has 2 rings (SSSR count). The lowest BCUT2D eigenvalue weighted by molar-refractivity contribution is 0.202. The van der Waals surface area contributed by atoms with Crippen LogP contribution in [0.2, 0.25) is 0 Å². The average Bonchev–Trinajstić information content (AvgIpc) is 2.59. The number of carbonyl (C=O) groups is 1. The van der Waals surface area contributed by atoms with Gasteiger partial charge in [0.15, 0.2) is 0 Å². The molecule has 2 amide bonds. The molecule has 1 aromatic heterocycles. The van der Waals surface area contributed by atoms with Gasteiger partial charge >= 0.3 is 6.03 Å². The molecule has 0 radical (unpaired) electrons. The van der Waals surface area contributed by atoms with Gasteiger partial charge < -0.3 is 15.1 Å². The topological polar surface area (TPSA) is 48.5 Å². The van der Waals surface area contributed by atoms with Gasteiger partial charge in [0.2, 0.25) is 0 Å². The molecule has 5 nitrogen and oxygen atoms in total. The second-order valence-corrected chi connectivity index (χ2v) is 6.56. The molecule has 0 aliphatic carbocycles. The first-order valence-electron chi connectivity index (χ1n) is 7.82. The van der Waals surface area contributed by atoms with Gasteiger partial charge in [-0.3, -0.25) is 4.98 Å². The Hall–Kier alpha value is -2.05. The molecule has 0 bridgehead atoms. The number of anilines is 1. The molecule has 0 unspecified atom stereocenters. The van der Waals surface area contributed by atoms with Gasteiger partial charge in [-0.05, 0) is 50.2 Å². The Labute approximate surface area is 148 Å². The van der Waals surface area contributed by atoms with Crippen molar-refractivity contribution in [2.45, 2.75) is 11.4 Å². The lowest BCUT2D eigenvalue weighted by atomic mass is 10.2. The zero-order valence-electron chi connectivity index (χ0n) is 14.4. The minimum atomic E-state index is -0.0878. The van der Waals surface area contributed by atoms with Crippen LogP contribution in [-0.2, 0) is 6.54 Å². The highest BCUT2D eigenvalue weighted by atomic mass is 32.2. The van der Waals surface area contributed by atoms with Crippen molar-refractivity contribution in [2.24, 2.45) is 0 Å². The summed E-state index contributed by atoms with van der Waals surface area (Å²) < 4.78 is 0. The summed E-state index contributed by atoms with van der Waals surface area (Å²) in [5.74, 6) is 0. The van der Waals surface area contributed by atoms with Crippen LogP contribution >= 0.6 is 11.8 Å². The van der Waals surface area contributed by atoms with Crippen molar-refractivity contribution < 1.29 is 4.79 Å². The summed E-state index contributed by atoms with van der Waals surface area (Å²) in [4.78, 5) is 21.8. The van der Waals surface area contributed by atoms with Gasteiger partial charge in [-0.15, -0.1) is 11.8 Å². The Kier molecular flexibility index (Phi) is 7.08. The number of pyridine rings is 1. The van der Waals surface area contributed by atoms with E-state index in [0.717, 1.165) is 22.7 Å². The van der Waals surface area contributed by atoms with Gasteiger partial charge in [0.25, 0.3) is 0 Å². The summed E-state index contributed by atoms with van der Waals surface area (Å²) in [6.45, 7) is 2.02. The number of nitrogens with one attached hydrogen (secondary N) is 1. The zero-order chi connectivity index (χ0) is 17.4. The number of hydrogen-bond acceptors (Lipinski definition) is 4. The number of likely N-dealkylation sites (N-methyl/N-ethyl adjacent to an activating group) is 1. The summed E-state index contributed by atoms with van der Waals surface area (Å²) in [7, 11) is 4.01. The fourth-order valence-electron chi connectivity index (χ4n) is 2.22. The summed E-state index contributed by atoms with van der Waals surface area (Å²) in [5.41, 5.74) is 1.91. The van der Waals surface area contributed by atoms with Crippen LogP contribution in [0.5, 0.6) is 0 Å². The number of para-hydroxylation sites is 1. The summed E-state index contributed by atoms with van der Waals surface area (Å²) in [6, 6.07) is 11.6. The van der Waals surface area contributed by atoms with E-state index in [4.69, 9.17) is 0 Å². The average molecular weight is 344 g/mol. The van der Waals surface area contributed by atoms with Crippen LogP contribution in [0.15, 0.2) is 53.7 Å². The van der Waals surface area contributed by atoms with Gasteiger partial charge in [-0.2, -0.15) is 0 Å². The molecule has 1 aromatic carbocycles. The molecule has 0 saturated heterocycles. The summed E-state index contributed by atoms with van der Waals surface area (Å²) >= 11 is 1.62. The Morgan fingerprint density at radius 3 is 2.50 bits per heavy atom. The first kappa shape index (κ1) is 18.3. The second kappa shape index (κ2) is 9.30. The van der Waals surface area contributed by atoms with Crippen LogP contribution in [0, 0.1) is 0 Å². The standard InChI is InChI=1S/C18H24N4OS/c1-21(2)12-13-22(14-15-8-10-19-11-9-15)18(23)20-16-6-4-5-7-17(16)24-3/h4-11H,12-14H2,1-3H3,(H,20,23). The number of carbonyl (C=O) groups excluding carboxylic acids is 1. The number of rotatable bonds is 7. The SMILES string of the molecule is CSc1ccccc1NC(=O)N(CCN(C)C)Cc1ccncc1. The predicted octanol–water partition coefficient (Wildman–Crippen LogP) is 3.40. The Bertz CT molecular complexity index is 648. The molecule has 1 N–H and O–H groups in total. The minimum Gasteiger partial charge on any atom is -0.319 e. The van der Waals surface area contributed by atoms with Gasteiger partial charge in [0.05, 0.1) is 5.69 Å². The number of amides is 2. The number of hydrogen-bond donors (Lipinski definition) is 1. The van der Waals surface area contributed by atoms with E-state index < -0.39 is 0 Å². The van der Waals surface area contributed by atoms with Gasteiger partial charge in [-0.1, -0.05) is 12.1 Å². The third-order valence-electron chi connectivity index (χ3n) is 3.58. The molecular weight excluding hydrogens is 320 g/mol. The Morgan fingerprint density at radius 2 is 1.83 bits per heavy atom. The van der Waals surface area contributed by atoms with Gasteiger partial charge in [0, 0.05) is 36.9 Å². The van der Waals surface area contributed by atoms with E-state index in [0.29, 0.717) is 13.1 Å². The van der Waals surface area contributed by atoms with Crippen molar-refractivity contribution >= 4 is 23.5 Å². The molecule has 0 fully saturated rings. The van der Waals surface area contributed by atoms with E-state index in [1.165, 1.54) is 0 Å². The highest BCUT2D eigenvalue weighted by molar-refractivity contribution is 7.98. The Morgan fingerprint density at radius 1 is 1.12 bits per heavy atom. The van der Waals surface area contributed by atoms with Crippen molar-refractivity contribution in [3.05, 3.63) is 54.4 Å². The Balaban J connectivity index is 2.11. The van der Waals surface area contributed by atoms with Crippen molar-refractivity contribution in [2.75, 3.05) is 38.8 Å². The molecule has 2 aromatic rings. The number of urea groups is 1. The highest BCUT2D eigenvalue weighted by Gasteiger charge is 2.15. The van der Waals surface area contributed by atoms with E-state index in [2.05, 4.69) is 15.2 Å². The lowest BCUT2D eigenvalue weighted by Crippen LogP contribution is -2.39. The molecule has 0 saturated carbocycles. The van der Waals surface area contributed by atoms with E-state index in [-0.39, 0.29) is 6.03 Å². The molecule has 0 aliphatic rings. The van der Waals surface area contributed by atoms with Crippen molar-refractivity contribution in [1.29, 1.82) is 0 Å². The van der Waals surface area contributed by atoms with Gasteiger partial charge in [0.1, 0.15) is 0 Å². The van der Waals surface area contributed by atoms with Crippen molar-refractivity contribution in [3.63, 3.8) is 0 Å². The van der Waals surface area contributed by atoms with E-state index in [9.17, 15) is 4.79 Å². The third kappa shape index (κ3) is 5.54. The summed E-state index contributed by atoms with van der Waals surface area (Å²) in [5, 5.41) is 3.04. The van der Waals surface area contributed by atoms with E-state index >= 15 is 0 Å². The van der Waals surface area contributed by atoms with Crippen LogP contribution in [0.3, 0.4) is 0 Å². The quantitative estimate of drug-likeness (QED) is 0.782. The molecule has 6 heteroatoms. The van der Waals surface area contributed by atoms with Crippen LogP contribution in [0.25, 0.3) is 0 Å². The molecular formula is C18H24N4OS. The largest absolute Gasteiger partial charge is 0.322 e. The van der Waals surface area contributed by atoms with Gasteiger partial charge in [-0.25, -0.2) is 4.79 Å². The highest BCUT2D eigenvalue weighted by Crippen LogP contribution is 2.25. The second-order valence-electron chi connectivity index (χ2n) is 5.71. The fourth-order valence-corrected chi connectivity index (χ4v) is 2.78. The molecule has 1 heterocycles. The predicted molar refractivity (Wildman–Crippen MR) is 100 cm³/mol. The molecule has 128 valence electrons. The number of aromatic nitrogens is 1. The maximum absolute atomic E-state index is 12.8. The van der Waals surface area contributed by atoms with E-state index in [1.807, 2.05) is 61.6 Å². The van der Waals surface area contributed by atoms with Crippen molar-refractivity contribution in [1.82, 2.24) is 14.8 Å². The molecule has 0 aliphatic heterocycles. The van der Waals surface area contributed by atoms with Crippen LogP contribution in [-0.4, -0.2) is 54.3 Å².